The molecule has 0 bridgehead atoms. The number of hydrogen-bond acceptors (Lipinski definition) is 4. The van der Waals surface area contributed by atoms with Crippen molar-refractivity contribution >= 4 is 17.7 Å². The number of fused-ring (bicyclic) bond motifs is 1. The maximum Gasteiger partial charge on any atom is 0.315 e. The Morgan fingerprint density at radius 2 is 2.20 bits per heavy atom. The third-order valence-electron chi connectivity index (χ3n) is 3.60. The quantitative estimate of drug-likeness (QED) is 0.818. The average Bonchev–Trinajstić information content (AvgIpc) is 2.47. The van der Waals surface area contributed by atoms with Gasteiger partial charge in [-0.25, -0.2) is 0 Å². The Bertz CT molecular complexity index is 450. The number of aryl methyl sites for hydroxylation is 1. The standard InChI is InChI=1S/C16H23NO2S/c1-3-17-16-13-8-6-5-7-12(13)9-10-14(16)20-11-15(18)19-4-2/h5-8,14,16-17H,3-4,9-11H2,1-2H3. The van der Waals surface area contributed by atoms with E-state index in [-0.39, 0.29) is 5.97 Å². The fourth-order valence-corrected chi connectivity index (χ4v) is 3.90. The van der Waals surface area contributed by atoms with Crippen molar-refractivity contribution in [2.24, 2.45) is 0 Å². The molecular weight excluding hydrogens is 270 g/mol. The van der Waals surface area contributed by atoms with E-state index in [2.05, 4.69) is 36.5 Å². The van der Waals surface area contributed by atoms with Crippen molar-refractivity contribution in [3.05, 3.63) is 35.4 Å². The van der Waals surface area contributed by atoms with Crippen molar-refractivity contribution < 1.29 is 9.53 Å². The van der Waals surface area contributed by atoms with Crippen molar-refractivity contribution in [1.29, 1.82) is 0 Å². The highest BCUT2D eigenvalue weighted by atomic mass is 32.2. The van der Waals surface area contributed by atoms with Gasteiger partial charge in [0.15, 0.2) is 0 Å². The number of ether oxygens (including phenoxy) is 1. The number of hydrogen-bond donors (Lipinski definition) is 1. The molecule has 1 aromatic rings. The molecular formula is C16H23NO2S. The van der Waals surface area contributed by atoms with E-state index >= 15 is 0 Å². The largest absolute Gasteiger partial charge is 0.465 e. The van der Waals surface area contributed by atoms with Gasteiger partial charge >= 0.3 is 5.97 Å². The molecule has 1 aliphatic carbocycles. The second-order valence-corrected chi connectivity index (χ2v) is 6.15. The molecule has 2 unspecified atom stereocenters. The van der Waals surface area contributed by atoms with Gasteiger partial charge in [0.25, 0.3) is 0 Å². The van der Waals surface area contributed by atoms with E-state index < -0.39 is 0 Å². The fraction of sp³-hybridized carbons (Fsp3) is 0.562. The van der Waals surface area contributed by atoms with Gasteiger partial charge in [0.2, 0.25) is 0 Å². The highest BCUT2D eigenvalue weighted by molar-refractivity contribution is 8.00. The predicted octanol–water partition coefficient (Wildman–Crippen LogP) is 2.95. The van der Waals surface area contributed by atoms with Crippen molar-refractivity contribution in [3.63, 3.8) is 0 Å². The third-order valence-corrected chi connectivity index (χ3v) is 4.94. The van der Waals surface area contributed by atoms with Crippen LogP contribution in [0.1, 0.15) is 37.4 Å². The minimum atomic E-state index is -0.105. The topological polar surface area (TPSA) is 38.3 Å². The van der Waals surface area contributed by atoms with E-state index in [1.165, 1.54) is 11.1 Å². The molecule has 2 rings (SSSR count). The lowest BCUT2D eigenvalue weighted by atomic mass is 9.87. The van der Waals surface area contributed by atoms with Crippen LogP contribution in [0.3, 0.4) is 0 Å². The second kappa shape index (κ2) is 7.70. The lowest BCUT2D eigenvalue weighted by Gasteiger charge is -2.33. The number of benzene rings is 1. The lowest BCUT2D eigenvalue weighted by molar-refractivity contribution is -0.139. The smallest absolute Gasteiger partial charge is 0.315 e. The molecule has 0 aliphatic heterocycles. The van der Waals surface area contributed by atoms with E-state index in [1.807, 2.05) is 6.92 Å². The van der Waals surface area contributed by atoms with E-state index in [0.29, 0.717) is 23.7 Å². The van der Waals surface area contributed by atoms with Gasteiger partial charge < -0.3 is 10.1 Å². The number of nitrogens with one attached hydrogen (secondary N) is 1. The first-order valence-corrected chi connectivity index (χ1v) is 8.39. The zero-order valence-electron chi connectivity index (χ0n) is 12.2. The predicted molar refractivity (Wildman–Crippen MR) is 84.1 cm³/mol. The number of carbonyl (C=O) groups excluding carboxylic acids is 1. The molecule has 0 aromatic heterocycles. The van der Waals surface area contributed by atoms with Gasteiger partial charge in [-0.3, -0.25) is 4.79 Å². The number of thioether (sulfide) groups is 1. The molecule has 0 radical (unpaired) electrons. The minimum absolute atomic E-state index is 0.105. The molecule has 3 nitrogen and oxygen atoms in total. The van der Waals surface area contributed by atoms with Gasteiger partial charge in [-0.2, -0.15) is 0 Å². The maximum atomic E-state index is 11.5. The van der Waals surface area contributed by atoms with Crippen molar-refractivity contribution in [1.82, 2.24) is 5.32 Å². The van der Waals surface area contributed by atoms with Crippen molar-refractivity contribution in [3.8, 4) is 0 Å². The van der Waals surface area contributed by atoms with Crippen molar-refractivity contribution in [2.75, 3.05) is 18.9 Å². The van der Waals surface area contributed by atoms with Crippen LogP contribution in [0.15, 0.2) is 24.3 Å². The van der Waals surface area contributed by atoms with Crippen LogP contribution in [0.4, 0.5) is 0 Å². The molecule has 0 heterocycles. The molecule has 1 N–H and O–H groups in total. The van der Waals surface area contributed by atoms with Crippen LogP contribution in [-0.2, 0) is 16.0 Å². The summed E-state index contributed by atoms with van der Waals surface area (Å²) in [7, 11) is 0. The first-order chi connectivity index (χ1) is 9.76. The van der Waals surface area contributed by atoms with Crippen LogP contribution in [0.2, 0.25) is 0 Å². The Hall–Kier alpha value is -1.00. The summed E-state index contributed by atoms with van der Waals surface area (Å²) < 4.78 is 5.02. The first-order valence-electron chi connectivity index (χ1n) is 7.34. The van der Waals surface area contributed by atoms with Crippen molar-refractivity contribution in [2.45, 2.75) is 38.0 Å². The van der Waals surface area contributed by atoms with Crippen LogP contribution in [0, 0.1) is 0 Å². The maximum absolute atomic E-state index is 11.5. The molecule has 0 amide bonds. The Labute approximate surface area is 125 Å². The summed E-state index contributed by atoms with van der Waals surface area (Å²) in [6.45, 7) is 5.38. The lowest BCUT2D eigenvalue weighted by Crippen LogP contribution is -2.34. The Balaban J connectivity index is 2.04. The van der Waals surface area contributed by atoms with Gasteiger partial charge in [-0.15, -0.1) is 11.8 Å². The average molecular weight is 293 g/mol. The number of carbonyl (C=O) groups is 1. The van der Waals surface area contributed by atoms with Crippen LogP contribution in [0.5, 0.6) is 0 Å². The Kier molecular flexibility index (Phi) is 5.92. The molecule has 1 aromatic carbocycles. The summed E-state index contributed by atoms with van der Waals surface area (Å²) >= 11 is 1.72. The number of esters is 1. The van der Waals surface area contributed by atoms with Crippen LogP contribution >= 0.6 is 11.8 Å². The number of rotatable bonds is 6. The van der Waals surface area contributed by atoms with E-state index in [4.69, 9.17) is 4.74 Å². The molecule has 4 heteroatoms. The highest BCUT2D eigenvalue weighted by Gasteiger charge is 2.29. The molecule has 2 atom stereocenters. The van der Waals surface area contributed by atoms with Gasteiger partial charge in [0.05, 0.1) is 12.4 Å². The van der Waals surface area contributed by atoms with Gasteiger partial charge in [0.1, 0.15) is 0 Å². The molecule has 0 fully saturated rings. The molecule has 1 aliphatic rings. The Morgan fingerprint density at radius 1 is 1.40 bits per heavy atom. The molecule has 110 valence electrons. The van der Waals surface area contributed by atoms with E-state index in [9.17, 15) is 4.79 Å². The molecule has 0 saturated carbocycles. The summed E-state index contributed by atoms with van der Waals surface area (Å²) in [5.41, 5.74) is 2.83. The van der Waals surface area contributed by atoms with E-state index in [0.717, 1.165) is 19.4 Å². The monoisotopic (exact) mass is 293 g/mol. The normalized spacial score (nSPS) is 21.3. The molecule has 20 heavy (non-hydrogen) atoms. The van der Waals surface area contributed by atoms with Crippen LogP contribution in [-0.4, -0.2) is 30.1 Å². The molecule has 0 saturated heterocycles. The third kappa shape index (κ3) is 3.76. The van der Waals surface area contributed by atoms with Gasteiger partial charge in [-0.05, 0) is 37.4 Å². The summed E-state index contributed by atoms with van der Waals surface area (Å²) in [4.78, 5) is 11.5. The van der Waals surface area contributed by atoms with Crippen LogP contribution < -0.4 is 5.32 Å². The summed E-state index contributed by atoms with van der Waals surface area (Å²) in [6.07, 6.45) is 2.21. The summed E-state index contributed by atoms with van der Waals surface area (Å²) in [5, 5.41) is 4.01. The zero-order chi connectivity index (χ0) is 14.4. The minimum Gasteiger partial charge on any atom is -0.465 e. The SMILES string of the molecule is CCNC1c2ccccc2CCC1SCC(=O)OCC. The zero-order valence-corrected chi connectivity index (χ0v) is 13.0. The summed E-state index contributed by atoms with van der Waals surface area (Å²) in [5.74, 6) is 0.342. The fourth-order valence-electron chi connectivity index (χ4n) is 2.75. The molecule has 0 spiro atoms. The van der Waals surface area contributed by atoms with E-state index in [1.54, 1.807) is 11.8 Å². The Morgan fingerprint density at radius 3 is 2.95 bits per heavy atom. The first kappa shape index (κ1) is 15.4. The van der Waals surface area contributed by atoms with Gasteiger partial charge in [0, 0.05) is 11.3 Å². The second-order valence-electron chi connectivity index (χ2n) is 4.93. The summed E-state index contributed by atoms with van der Waals surface area (Å²) in [6, 6.07) is 8.96. The van der Waals surface area contributed by atoms with Gasteiger partial charge in [-0.1, -0.05) is 31.2 Å². The van der Waals surface area contributed by atoms with Crippen LogP contribution in [0.25, 0.3) is 0 Å². The highest BCUT2D eigenvalue weighted by Crippen LogP contribution is 2.36.